The van der Waals surface area contributed by atoms with Crippen molar-refractivity contribution in [1.82, 2.24) is 29.9 Å². The number of benzene rings is 1. The molecule has 0 saturated heterocycles. The molecule has 1 aromatic carbocycles. The number of aromatic nitrogens is 5. The van der Waals surface area contributed by atoms with Crippen LogP contribution < -0.4 is 0 Å². The van der Waals surface area contributed by atoms with E-state index in [1.165, 1.54) is 0 Å². The monoisotopic (exact) mass is 342 g/mol. The number of carbonyl (C=O) groups excluding carboxylic acids is 1. The average molecular weight is 343 g/mol. The van der Waals surface area contributed by atoms with Crippen LogP contribution in [0.4, 0.5) is 0 Å². The number of aromatic amines is 1. The number of rotatable bonds is 2. The molecule has 1 aliphatic rings. The van der Waals surface area contributed by atoms with Crippen molar-refractivity contribution >= 4 is 17.5 Å². The summed E-state index contributed by atoms with van der Waals surface area (Å²) >= 11 is 6.01. The minimum Gasteiger partial charge on any atom is -0.328 e. The number of halogens is 1. The van der Waals surface area contributed by atoms with Crippen molar-refractivity contribution in [2.45, 2.75) is 20.0 Å². The first-order chi connectivity index (χ1) is 11.6. The molecule has 1 aliphatic heterocycles. The zero-order valence-electron chi connectivity index (χ0n) is 13.0. The normalized spacial score (nSPS) is 13.8. The molecule has 7 nitrogen and oxygen atoms in total. The van der Waals surface area contributed by atoms with Crippen LogP contribution in [0, 0.1) is 6.92 Å². The van der Waals surface area contributed by atoms with E-state index in [-0.39, 0.29) is 5.91 Å². The van der Waals surface area contributed by atoms with Crippen LogP contribution in [-0.2, 0) is 13.1 Å². The summed E-state index contributed by atoms with van der Waals surface area (Å²) in [5.74, 6) is 1.59. The van der Waals surface area contributed by atoms with Gasteiger partial charge in [0.25, 0.3) is 5.91 Å². The van der Waals surface area contributed by atoms with Gasteiger partial charge in [0.15, 0.2) is 5.82 Å². The third-order valence-corrected chi connectivity index (χ3v) is 4.39. The summed E-state index contributed by atoms with van der Waals surface area (Å²) in [6, 6.07) is 9.13. The minimum absolute atomic E-state index is 0.0947. The van der Waals surface area contributed by atoms with Gasteiger partial charge in [-0.1, -0.05) is 23.7 Å². The van der Waals surface area contributed by atoms with Gasteiger partial charge in [0.2, 0.25) is 0 Å². The molecule has 8 heteroatoms. The second-order valence-corrected chi connectivity index (χ2v) is 6.16. The average Bonchev–Trinajstić information content (AvgIpc) is 3.21. The highest BCUT2D eigenvalue weighted by Gasteiger charge is 2.25. The number of carbonyl (C=O) groups is 1. The van der Waals surface area contributed by atoms with Gasteiger partial charge < -0.3 is 9.47 Å². The molecule has 0 fully saturated rings. The van der Waals surface area contributed by atoms with Crippen LogP contribution in [0.15, 0.2) is 30.3 Å². The smallest absolute Gasteiger partial charge is 0.272 e. The van der Waals surface area contributed by atoms with Crippen molar-refractivity contribution in [3.05, 3.63) is 52.7 Å². The summed E-state index contributed by atoms with van der Waals surface area (Å²) < 4.78 is 2.04. The first-order valence-electron chi connectivity index (χ1n) is 7.61. The molecule has 122 valence electrons. The van der Waals surface area contributed by atoms with Crippen LogP contribution in [0.3, 0.4) is 0 Å². The summed E-state index contributed by atoms with van der Waals surface area (Å²) in [6.45, 7) is 3.69. The Kier molecular flexibility index (Phi) is 3.57. The minimum atomic E-state index is -0.0947. The van der Waals surface area contributed by atoms with Gasteiger partial charge in [0.05, 0.1) is 12.2 Å². The fraction of sp³-hybridized carbons (Fsp3) is 0.250. The topological polar surface area (TPSA) is 79.7 Å². The molecule has 3 heterocycles. The molecule has 1 amide bonds. The molecule has 0 spiro atoms. The SMILES string of the molecule is Cc1nnc2n1CCN(C(=O)c1cc(-c3cccc(Cl)c3)n[nH]1)C2. The van der Waals surface area contributed by atoms with Gasteiger partial charge in [-0.05, 0) is 25.1 Å². The van der Waals surface area contributed by atoms with Crippen LogP contribution >= 0.6 is 11.6 Å². The molecule has 0 bridgehead atoms. The Labute approximate surface area is 143 Å². The second kappa shape index (κ2) is 5.76. The Balaban J connectivity index is 1.56. The lowest BCUT2D eigenvalue weighted by molar-refractivity contribution is 0.0700. The van der Waals surface area contributed by atoms with Crippen molar-refractivity contribution in [2.24, 2.45) is 0 Å². The van der Waals surface area contributed by atoms with E-state index in [1.807, 2.05) is 29.7 Å². The van der Waals surface area contributed by atoms with Crippen molar-refractivity contribution in [3.63, 3.8) is 0 Å². The summed E-state index contributed by atoms with van der Waals surface area (Å²) in [7, 11) is 0. The fourth-order valence-corrected chi connectivity index (χ4v) is 3.06. The molecule has 0 unspecified atom stereocenters. The van der Waals surface area contributed by atoms with Gasteiger partial charge in [0.1, 0.15) is 11.5 Å². The highest BCUT2D eigenvalue weighted by Crippen LogP contribution is 2.22. The van der Waals surface area contributed by atoms with Crippen LogP contribution in [0.1, 0.15) is 22.1 Å². The highest BCUT2D eigenvalue weighted by molar-refractivity contribution is 6.30. The predicted octanol–water partition coefficient (Wildman–Crippen LogP) is 2.29. The van der Waals surface area contributed by atoms with E-state index >= 15 is 0 Å². The maximum Gasteiger partial charge on any atom is 0.272 e. The Hall–Kier alpha value is -2.67. The molecule has 2 aromatic heterocycles. The van der Waals surface area contributed by atoms with Crippen molar-refractivity contribution in [3.8, 4) is 11.3 Å². The van der Waals surface area contributed by atoms with E-state index in [1.54, 1.807) is 17.0 Å². The number of nitrogens with zero attached hydrogens (tertiary/aromatic N) is 5. The summed E-state index contributed by atoms with van der Waals surface area (Å²) in [6.07, 6.45) is 0. The first-order valence-corrected chi connectivity index (χ1v) is 7.99. The number of hydrogen-bond acceptors (Lipinski definition) is 4. The first kappa shape index (κ1) is 14.9. The lowest BCUT2D eigenvalue weighted by Crippen LogP contribution is -2.38. The summed E-state index contributed by atoms with van der Waals surface area (Å²) in [5, 5.41) is 15.9. The number of aryl methyl sites for hydroxylation is 1. The lowest BCUT2D eigenvalue weighted by atomic mass is 10.1. The van der Waals surface area contributed by atoms with Crippen LogP contribution in [0.2, 0.25) is 5.02 Å². The number of fused-ring (bicyclic) bond motifs is 1. The Bertz CT molecular complexity index is 915. The zero-order chi connectivity index (χ0) is 16.7. The van der Waals surface area contributed by atoms with Crippen LogP contribution in [0.5, 0.6) is 0 Å². The molecule has 0 saturated carbocycles. The summed E-state index contributed by atoms with van der Waals surface area (Å²) in [4.78, 5) is 14.4. The second-order valence-electron chi connectivity index (χ2n) is 5.72. The maximum absolute atomic E-state index is 12.7. The third kappa shape index (κ3) is 2.56. The molecular weight excluding hydrogens is 328 g/mol. The quantitative estimate of drug-likeness (QED) is 0.775. The molecule has 0 radical (unpaired) electrons. The van der Waals surface area contributed by atoms with E-state index in [9.17, 15) is 4.79 Å². The van der Waals surface area contributed by atoms with Crippen molar-refractivity contribution in [2.75, 3.05) is 6.54 Å². The van der Waals surface area contributed by atoms with Gasteiger partial charge in [-0.25, -0.2) is 0 Å². The van der Waals surface area contributed by atoms with Crippen molar-refractivity contribution < 1.29 is 4.79 Å². The largest absolute Gasteiger partial charge is 0.328 e. The van der Waals surface area contributed by atoms with E-state index in [4.69, 9.17) is 11.6 Å². The van der Waals surface area contributed by atoms with E-state index in [0.717, 1.165) is 17.2 Å². The fourth-order valence-electron chi connectivity index (χ4n) is 2.87. The Morgan fingerprint density at radius 2 is 2.12 bits per heavy atom. The lowest BCUT2D eigenvalue weighted by Gasteiger charge is -2.27. The molecule has 4 rings (SSSR count). The molecule has 0 atom stereocenters. The van der Waals surface area contributed by atoms with Gasteiger partial charge in [0, 0.05) is 23.7 Å². The van der Waals surface area contributed by atoms with E-state index in [0.29, 0.717) is 36.0 Å². The molecule has 3 aromatic rings. The van der Waals surface area contributed by atoms with Gasteiger partial charge in [-0.2, -0.15) is 5.10 Å². The van der Waals surface area contributed by atoms with E-state index < -0.39 is 0 Å². The van der Waals surface area contributed by atoms with Gasteiger partial charge in [-0.3, -0.25) is 9.89 Å². The number of nitrogens with one attached hydrogen (secondary N) is 1. The molecule has 0 aliphatic carbocycles. The number of amides is 1. The van der Waals surface area contributed by atoms with Gasteiger partial charge in [-0.15, -0.1) is 10.2 Å². The molecular formula is C16H15ClN6O. The number of hydrogen-bond donors (Lipinski definition) is 1. The maximum atomic E-state index is 12.7. The van der Waals surface area contributed by atoms with Crippen LogP contribution in [-0.4, -0.2) is 42.3 Å². The predicted molar refractivity (Wildman–Crippen MR) is 88.5 cm³/mol. The molecule has 1 N–H and O–H groups in total. The zero-order valence-corrected chi connectivity index (χ0v) is 13.8. The Morgan fingerprint density at radius 1 is 1.25 bits per heavy atom. The molecule has 24 heavy (non-hydrogen) atoms. The van der Waals surface area contributed by atoms with Crippen LogP contribution in [0.25, 0.3) is 11.3 Å². The standard InChI is InChI=1S/C16H15ClN6O/c1-10-18-21-15-9-22(5-6-23(10)15)16(24)14-8-13(19-20-14)11-3-2-4-12(17)7-11/h2-4,7-8H,5-6,9H2,1H3,(H,19,20). The van der Waals surface area contributed by atoms with Gasteiger partial charge >= 0.3 is 0 Å². The highest BCUT2D eigenvalue weighted by atomic mass is 35.5. The summed E-state index contributed by atoms with van der Waals surface area (Å²) in [5.41, 5.74) is 2.01. The third-order valence-electron chi connectivity index (χ3n) is 4.15. The van der Waals surface area contributed by atoms with Crippen molar-refractivity contribution in [1.29, 1.82) is 0 Å². The van der Waals surface area contributed by atoms with E-state index in [2.05, 4.69) is 20.4 Å². The Morgan fingerprint density at radius 3 is 2.96 bits per heavy atom. The number of H-pyrrole nitrogens is 1.